The highest BCUT2D eigenvalue weighted by Crippen LogP contribution is 2.34. The molecule has 0 aliphatic heterocycles. The molecule has 0 radical (unpaired) electrons. The van der Waals surface area contributed by atoms with Crippen molar-refractivity contribution in [1.29, 1.82) is 0 Å². The molecule has 1 aliphatic rings. The van der Waals surface area contributed by atoms with E-state index in [2.05, 4.69) is 0 Å². The Hall–Kier alpha value is -2.88. The minimum absolute atomic E-state index is 0.0432. The summed E-state index contributed by atoms with van der Waals surface area (Å²) in [6.07, 6.45) is 6.56. The molecule has 202 valence electrons. The molecule has 0 heterocycles. The molecule has 1 saturated carbocycles. The van der Waals surface area contributed by atoms with Crippen LogP contribution in [0.4, 0.5) is 4.39 Å². The lowest BCUT2D eigenvalue weighted by atomic mass is 9.93. The van der Waals surface area contributed by atoms with Gasteiger partial charge in [-0.3, -0.25) is 4.79 Å². The van der Waals surface area contributed by atoms with Crippen LogP contribution in [-0.2, 0) is 21.1 Å². The van der Waals surface area contributed by atoms with Gasteiger partial charge in [0.15, 0.2) is 9.84 Å². The zero-order chi connectivity index (χ0) is 27.1. The number of aliphatic hydroxyl groups is 1. The van der Waals surface area contributed by atoms with E-state index in [4.69, 9.17) is 4.74 Å². The minimum atomic E-state index is -3.30. The maximum Gasteiger partial charge on any atom is 0.227 e. The van der Waals surface area contributed by atoms with E-state index in [1.165, 1.54) is 48.7 Å². The highest BCUT2D eigenvalue weighted by Gasteiger charge is 2.25. The summed E-state index contributed by atoms with van der Waals surface area (Å²) in [6, 6.07) is 18.0. The van der Waals surface area contributed by atoms with Crippen LogP contribution in [-0.4, -0.2) is 49.8 Å². The topological polar surface area (TPSA) is 83.9 Å². The molecule has 1 fully saturated rings. The van der Waals surface area contributed by atoms with Gasteiger partial charge in [0, 0.05) is 28.6 Å². The molecule has 0 bridgehead atoms. The van der Waals surface area contributed by atoms with Gasteiger partial charge in [-0.15, -0.1) is 0 Å². The standard InChI is InChI=1S/C29H32FNO5S2/c1-38(34,35)28-13-11-26(12-14-28)37-27-18-21(17-25(20-27)36-24-9-7-22(30)8-10-24)19-29(33)31(15-16-32)23-5-3-2-4-6-23/h7-14,17-18,20,23,32H,2-6,15-16,19H2,1H3. The Kier molecular flexibility index (Phi) is 9.46. The minimum Gasteiger partial charge on any atom is -0.457 e. The normalized spacial score (nSPS) is 14.3. The van der Waals surface area contributed by atoms with Crippen molar-refractivity contribution in [2.75, 3.05) is 19.4 Å². The number of ether oxygens (including phenoxy) is 1. The first-order valence-corrected chi connectivity index (χ1v) is 15.4. The van der Waals surface area contributed by atoms with Crippen LogP contribution in [0.5, 0.6) is 11.5 Å². The van der Waals surface area contributed by atoms with Gasteiger partial charge in [-0.2, -0.15) is 0 Å². The highest BCUT2D eigenvalue weighted by atomic mass is 32.2. The van der Waals surface area contributed by atoms with Crippen molar-refractivity contribution in [1.82, 2.24) is 4.90 Å². The number of halogens is 1. The van der Waals surface area contributed by atoms with Crippen LogP contribution in [0.25, 0.3) is 0 Å². The van der Waals surface area contributed by atoms with Crippen molar-refractivity contribution in [2.24, 2.45) is 0 Å². The summed E-state index contributed by atoms with van der Waals surface area (Å²) in [7, 11) is -3.30. The van der Waals surface area contributed by atoms with Crippen LogP contribution in [0.2, 0.25) is 0 Å². The molecule has 0 spiro atoms. The van der Waals surface area contributed by atoms with E-state index in [9.17, 15) is 22.7 Å². The summed E-state index contributed by atoms with van der Waals surface area (Å²) >= 11 is 1.42. The Labute approximate surface area is 227 Å². The average molecular weight is 558 g/mol. The maximum absolute atomic E-state index is 13.4. The summed E-state index contributed by atoms with van der Waals surface area (Å²) in [5, 5.41) is 9.61. The van der Waals surface area contributed by atoms with Gasteiger partial charge in [-0.1, -0.05) is 31.0 Å². The van der Waals surface area contributed by atoms with Crippen molar-refractivity contribution in [3.63, 3.8) is 0 Å². The Bertz CT molecular complexity index is 1340. The van der Waals surface area contributed by atoms with Gasteiger partial charge < -0.3 is 14.7 Å². The fourth-order valence-electron chi connectivity index (χ4n) is 4.67. The number of nitrogens with zero attached hydrogens (tertiary/aromatic N) is 1. The Balaban J connectivity index is 1.60. The quantitative estimate of drug-likeness (QED) is 0.336. The number of sulfone groups is 1. The van der Waals surface area contributed by atoms with Crippen LogP contribution >= 0.6 is 11.8 Å². The Morgan fingerprint density at radius 3 is 2.29 bits per heavy atom. The van der Waals surface area contributed by atoms with Gasteiger partial charge in [0.05, 0.1) is 17.9 Å². The lowest BCUT2D eigenvalue weighted by Crippen LogP contribution is -2.43. The van der Waals surface area contributed by atoms with E-state index in [1.807, 2.05) is 17.0 Å². The second-order valence-corrected chi connectivity index (χ2v) is 12.7. The molecule has 38 heavy (non-hydrogen) atoms. The zero-order valence-corrected chi connectivity index (χ0v) is 22.9. The third-order valence-corrected chi connectivity index (χ3v) is 8.62. The number of amides is 1. The molecule has 6 nitrogen and oxygen atoms in total. The average Bonchev–Trinajstić information content (AvgIpc) is 2.89. The second kappa shape index (κ2) is 12.8. The fourth-order valence-corrected chi connectivity index (χ4v) is 6.23. The van der Waals surface area contributed by atoms with Crippen molar-refractivity contribution in [2.45, 2.75) is 59.3 Å². The van der Waals surface area contributed by atoms with Gasteiger partial charge in [0.25, 0.3) is 0 Å². The van der Waals surface area contributed by atoms with Crippen molar-refractivity contribution in [3.05, 3.63) is 78.1 Å². The number of aliphatic hydroxyl groups excluding tert-OH is 1. The third kappa shape index (κ3) is 7.82. The van der Waals surface area contributed by atoms with Crippen LogP contribution in [0, 0.1) is 5.82 Å². The van der Waals surface area contributed by atoms with E-state index in [0.717, 1.165) is 41.0 Å². The summed E-state index contributed by atoms with van der Waals surface area (Å²) < 4.78 is 43.0. The predicted molar refractivity (Wildman–Crippen MR) is 146 cm³/mol. The number of hydrogen-bond donors (Lipinski definition) is 1. The van der Waals surface area contributed by atoms with Gasteiger partial charge >= 0.3 is 0 Å². The number of benzene rings is 3. The van der Waals surface area contributed by atoms with Gasteiger partial charge in [-0.25, -0.2) is 12.8 Å². The molecule has 3 aromatic carbocycles. The van der Waals surface area contributed by atoms with Crippen LogP contribution in [0.1, 0.15) is 37.7 Å². The molecule has 3 aromatic rings. The van der Waals surface area contributed by atoms with E-state index < -0.39 is 9.84 Å². The third-order valence-electron chi connectivity index (χ3n) is 6.51. The second-order valence-electron chi connectivity index (χ2n) is 9.49. The first-order valence-electron chi connectivity index (χ1n) is 12.7. The van der Waals surface area contributed by atoms with Crippen LogP contribution in [0.3, 0.4) is 0 Å². The number of carbonyl (C=O) groups excluding carboxylic acids is 1. The summed E-state index contributed by atoms with van der Waals surface area (Å²) in [4.78, 5) is 17.1. The fraction of sp³-hybridized carbons (Fsp3) is 0.345. The molecular formula is C29H32FNO5S2. The predicted octanol–water partition coefficient (Wildman–Crippen LogP) is 5.87. The van der Waals surface area contributed by atoms with Crippen LogP contribution < -0.4 is 4.74 Å². The van der Waals surface area contributed by atoms with Gasteiger partial charge in [0.2, 0.25) is 5.91 Å². The number of carbonyl (C=O) groups is 1. The van der Waals surface area contributed by atoms with Gasteiger partial charge in [-0.05, 0) is 85.1 Å². The summed E-state index contributed by atoms with van der Waals surface area (Å²) in [6.45, 7) is 0.226. The van der Waals surface area contributed by atoms with E-state index in [1.54, 1.807) is 30.3 Å². The molecule has 0 unspecified atom stereocenters. The number of rotatable bonds is 10. The largest absolute Gasteiger partial charge is 0.457 e. The van der Waals surface area contributed by atoms with Crippen molar-refractivity contribution in [3.8, 4) is 11.5 Å². The van der Waals surface area contributed by atoms with Crippen molar-refractivity contribution >= 4 is 27.5 Å². The molecule has 9 heteroatoms. The molecule has 0 saturated heterocycles. The lowest BCUT2D eigenvalue weighted by molar-refractivity contribution is -0.134. The molecule has 0 aromatic heterocycles. The highest BCUT2D eigenvalue weighted by molar-refractivity contribution is 7.99. The van der Waals surface area contributed by atoms with E-state index in [-0.39, 0.29) is 35.7 Å². The zero-order valence-electron chi connectivity index (χ0n) is 21.3. The molecule has 1 N–H and O–H groups in total. The lowest BCUT2D eigenvalue weighted by Gasteiger charge is -2.34. The van der Waals surface area contributed by atoms with Gasteiger partial charge in [0.1, 0.15) is 17.3 Å². The smallest absolute Gasteiger partial charge is 0.227 e. The first kappa shape index (κ1) is 28.1. The summed E-state index contributed by atoms with van der Waals surface area (Å²) in [5.74, 6) is 0.562. The Morgan fingerprint density at radius 2 is 1.66 bits per heavy atom. The van der Waals surface area contributed by atoms with E-state index in [0.29, 0.717) is 18.0 Å². The molecule has 1 amide bonds. The van der Waals surface area contributed by atoms with Crippen molar-refractivity contribution < 1.29 is 27.4 Å². The summed E-state index contributed by atoms with van der Waals surface area (Å²) in [5.41, 5.74) is 0.753. The SMILES string of the molecule is CS(=O)(=O)c1ccc(Sc2cc(CC(=O)N(CCO)C3CCCCC3)cc(Oc3ccc(F)cc3)c2)cc1. The maximum atomic E-state index is 13.4. The first-order chi connectivity index (χ1) is 18.2. The monoisotopic (exact) mass is 557 g/mol. The van der Waals surface area contributed by atoms with Crippen LogP contribution in [0.15, 0.2) is 81.4 Å². The van der Waals surface area contributed by atoms with E-state index >= 15 is 0 Å². The Morgan fingerprint density at radius 1 is 0.974 bits per heavy atom. The molecule has 4 rings (SSSR count). The molecule has 0 atom stereocenters. The molecule has 1 aliphatic carbocycles. The molecular weight excluding hydrogens is 525 g/mol. The number of hydrogen-bond acceptors (Lipinski definition) is 6.